The second-order valence-electron chi connectivity index (χ2n) is 10.6. The van der Waals surface area contributed by atoms with Crippen molar-refractivity contribution in [2.24, 2.45) is 0 Å². The maximum absolute atomic E-state index is 12.9. The number of ether oxygens (including phenoxy) is 1. The predicted octanol–water partition coefficient (Wildman–Crippen LogP) is 6.70. The molecule has 3 aromatic rings. The summed E-state index contributed by atoms with van der Waals surface area (Å²) in [5.74, 6) is 1.83. The van der Waals surface area contributed by atoms with Crippen LogP contribution in [0.5, 0.6) is 5.75 Å². The van der Waals surface area contributed by atoms with Gasteiger partial charge in [-0.1, -0.05) is 23.7 Å². The van der Waals surface area contributed by atoms with Crippen molar-refractivity contribution in [1.82, 2.24) is 14.9 Å². The number of para-hydroxylation sites is 1. The van der Waals surface area contributed by atoms with E-state index in [2.05, 4.69) is 58.7 Å². The SMILES string of the molecule is COc1cc([C@H]2CC[C@H](N(C)C)CC2)c(C)cc1Nc1ncc(Cl)c(Nc2ccccc2S(=O)(=O)C(C)C)n1. The molecule has 1 aromatic heterocycles. The minimum Gasteiger partial charge on any atom is -0.495 e. The van der Waals surface area contributed by atoms with E-state index in [1.54, 1.807) is 45.2 Å². The number of anilines is 4. The Morgan fingerprint density at radius 1 is 1.05 bits per heavy atom. The Bertz CT molecular complexity index is 1420. The molecule has 4 rings (SSSR count). The van der Waals surface area contributed by atoms with Gasteiger partial charge >= 0.3 is 0 Å². The summed E-state index contributed by atoms with van der Waals surface area (Å²) in [4.78, 5) is 11.4. The molecule has 0 unspecified atom stereocenters. The van der Waals surface area contributed by atoms with Crippen LogP contribution >= 0.6 is 11.6 Å². The van der Waals surface area contributed by atoms with E-state index in [0.29, 0.717) is 35.2 Å². The topological polar surface area (TPSA) is 96.5 Å². The first-order valence-electron chi connectivity index (χ1n) is 13.3. The van der Waals surface area contributed by atoms with Gasteiger partial charge in [0.2, 0.25) is 5.95 Å². The fourth-order valence-electron chi connectivity index (χ4n) is 5.15. The van der Waals surface area contributed by atoms with Gasteiger partial charge < -0.3 is 20.3 Å². The van der Waals surface area contributed by atoms with E-state index in [-0.39, 0.29) is 9.92 Å². The zero-order chi connectivity index (χ0) is 28.3. The molecule has 10 heteroatoms. The summed E-state index contributed by atoms with van der Waals surface area (Å²) in [7, 11) is 2.46. The number of sulfone groups is 1. The quantitative estimate of drug-likeness (QED) is 0.293. The molecule has 0 spiro atoms. The average Bonchev–Trinajstić information content (AvgIpc) is 2.91. The monoisotopic (exact) mass is 571 g/mol. The Morgan fingerprint density at radius 3 is 2.38 bits per heavy atom. The maximum atomic E-state index is 12.9. The summed E-state index contributed by atoms with van der Waals surface area (Å²) in [6, 6.07) is 11.6. The summed E-state index contributed by atoms with van der Waals surface area (Å²) < 4.78 is 31.5. The molecule has 39 heavy (non-hydrogen) atoms. The van der Waals surface area contributed by atoms with E-state index in [4.69, 9.17) is 16.3 Å². The van der Waals surface area contributed by atoms with Crippen LogP contribution in [0, 0.1) is 6.92 Å². The van der Waals surface area contributed by atoms with Crippen molar-refractivity contribution in [3.8, 4) is 5.75 Å². The van der Waals surface area contributed by atoms with Crippen LogP contribution in [-0.4, -0.2) is 55.8 Å². The van der Waals surface area contributed by atoms with Crippen molar-refractivity contribution in [3.05, 3.63) is 58.7 Å². The Labute approximate surface area is 237 Å². The Balaban J connectivity index is 1.59. The third-order valence-electron chi connectivity index (χ3n) is 7.51. The fraction of sp³-hybridized carbons (Fsp3) is 0.448. The molecule has 0 amide bonds. The van der Waals surface area contributed by atoms with Gasteiger partial charge in [-0.3, -0.25) is 0 Å². The van der Waals surface area contributed by atoms with Gasteiger partial charge in [0, 0.05) is 6.04 Å². The third-order valence-corrected chi connectivity index (χ3v) is 10.00. The largest absolute Gasteiger partial charge is 0.495 e. The van der Waals surface area contributed by atoms with Crippen molar-refractivity contribution in [2.75, 3.05) is 31.8 Å². The molecule has 2 aromatic carbocycles. The number of nitrogens with one attached hydrogen (secondary N) is 2. The Morgan fingerprint density at radius 2 is 1.74 bits per heavy atom. The lowest BCUT2D eigenvalue weighted by Crippen LogP contribution is -2.31. The lowest BCUT2D eigenvalue weighted by Gasteiger charge is -2.33. The first-order valence-corrected chi connectivity index (χ1v) is 15.2. The van der Waals surface area contributed by atoms with Crippen LogP contribution in [0.25, 0.3) is 0 Å². The minimum absolute atomic E-state index is 0.191. The van der Waals surface area contributed by atoms with Gasteiger partial charge in [-0.25, -0.2) is 13.4 Å². The van der Waals surface area contributed by atoms with E-state index in [1.165, 1.54) is 30.2 Å². The van der Waals surface area contributed by atoms with Gasteiger partial charge in [0.1, 0.15) is 10.8 Å². The molecule has 0 radical (unpaired) electrons. The first-order chi connectivity index (χ1) is 18.5. The van der Waals surface area contributed by atoms with Crippen LogP contribution in [-0.2, 0) is 9.84 Å². The number of benzene rings is 2. The second-order valence-corrected chi connectivity index (χ2v) is 13.5. The molecule has 8 nitrogen and oxygen atoms in total. The molecule has 2 N–H and O–H groups in total. The lowest BCUT2D eigenvalue weighted by atomic mass is 9.80. The molecule has 1 saturated carbocycles. The molecule has 0 aliphatic heterocycles. The third kappa shape index (κ3) is 6.48. The van der Waals surface area contributed by atoms with Crippen molar-refractivity contribution in [3.63, 3.8) is 0 Å². The van der Waals surface area contributed by atoms with E-state index in [0.717, 1.165) is 18.5 Å². The van der Waals surface area contributed by atoms with Crippen molar-refractivity contribution < 1.29 is 13.2 Å². The number of rotatable bonds is 9. The first kappa shape index (κ1) is 29.1. The molecule has 1 aliphatic carbocycles. The summed E-state index contributed by atoms with van der Waals surface area (Å²) in [5, 5.41) is 6.06. The molecule has 0 saturated heterocycles. The van der Waals surface area contributed by atoms with Crippen LogP contribution < -0.4 is 15.4 Å². The van der Waals surface area contributed by atoms with Crippen molar-refractivity contribution in [1.29, 1.82) is 0 Å². The highest BCUT2D eigenvalue weighted by Crippen LogP contribution is 2.40. The van der Waals surface area contributed by atoms with Gasteiger partial charge in [0.25, 0.3) is 0 Å². The summed E-state index contributed by atoms with van der Waals surface area (Å²) in [5.41, 5.74) is 3.65. The van der Waals surface area contributed by atoms with Crippen LogP contribution in [0.4, 0.5) is 23.1 Å². The van der Waals surface area contributed by atoms with E-state index in [1.807, 2.05) is 0 Å². The predicted molar refractivity (Wildman–Crippen MR) is 159 cm³/mol. The Kier molecular flexibility index (Phi) is 9.03. The van der Waals surface area contributed by atoms with Crippen LogP contribution in [0.2, 0.25) is 5.02 Å². The van der Waals surface area contributed by atoms with E-state index < -0.39 is 15.1 Å². The normalized spacial score (nSPS) is 17.9. The zero-order valence-corrected chi connectivity index (χ0v) is 25.0. The minimum atomic E-state index is -3.52. The lowest BCUT2D eigenvalue weighted by molar-refractivity contribution is 0.216. The number of nitrogens with zero attached hydrogens (tertiary/aromatic N) is 3. The molecule has 1 aliphatic rings. The molecule has 0 atom stereocenters. The molecular formula is C29H38ClN5O3S. The smallest absolute Gasteiger partial charge is 0.229 e. The highest BCUT2D eigenvalue weighted by atomic mass is 35.5. The van der Waals surface area contributed by atoms with Crippen molar-refractivity contribution >= 4 is 44.6 Å². The standard InChI is InChI=1S/C29H38ClN5O3S/c1-18(2)39(36,37)27-10-8-7-9-24(27)32-28-23(30)17-31-29(34-28)33-25-15-19(3)22(16-26(25)38-6)20-11-13-21(14-12-20)35(4)5/h7-10,15-18,20-21H,11-14H2,1-6H3,(H2,31,32,33,34)/t20-,21-. The van der Waals surface area contributed by atoms with Gasteiger partial charge in [-0.05, 0) is 102 Å². The van der Waals surface area contributed by atoms with Gasteiger partial charge in [-0.2, -0.15) is 4.98 Å². The highest BCUT2D eigenvalue weighted by molar-refractivity contribution is 7.92. The molecule has 1 fully saturated rings. The summed E-state index contributed by atoms with van der Waals surface area (Å²) in [6.07, 6.45) is 6.17. The number of hydrogen-bond acceptors (Lipinski definition) is 8. The maximum Gasteiger partial charge on any atom is 0.229 e. The van der Waals surface area contributed by atoms with Crippen LogP contribution in [0.1, 0.15) is 56.6 Å². The van der Waals surface area contributed by atoms with E-state index >= 15 is 0 Å². The van der Waals surface area contributed by atoms with E-state index in [9.17, 15) is 8.42 Å². The average molecular weight is 572 g/mol. The van der Waals surface area contributed by atoms with Gasteiger partial charge in [0.15, 0.2) is 15.7 Å². The second kappa shape index (κ2) is 12.1. The van der Waals surface area contributed by atoms with Crippen LogP contribution in [0.3, 0.4) is 0 Å². The number of aromatic nitrogens is 2. The number of aryl methyl sites for hydroxylation is 1. The Hall–Kier alpha value is -2.88. The van der Waals surface area contributed by atoms with Crippen molar-refractivity contribution in [2.45, 2.75) is 68.6 Å². The molecule has 210 valence electrons. The van der Waals surface area contributed by atoms with Crippen LogP contribution in [0.15, 0.2) is 47.5 Å². The van der Waals surface area contributed by atoms with Gasteiger partial charge in [-0.15, -0.1) is 0 Å². The number of methoxy groups -OCH3 is 1. The molecular weight excluding hydrogens is 534 g/mol. The van der Waals surface area contributed by atoms with Gasteiger partial charge in [0.05, 0.1) is 34.8 Å². The summed E-state index contributed by atoms with van der Waals surface area (Å²) in [6.45, 7) is 5.43. The highest BCUT2D eigenvalue weighted by Gasteiger charge is 2.26. The number of halogens is 1. The number of hydrogen-bond donors (Lipinski definition) is 2. The zero-order valence-electron chi connectivity index (χ0n) is 23.5. The molecule has 1 heterocycles. The summed E-state index contributed by atoms with van der Waals surface area (Å²) >= 11 is 6.41. The fourth-order valence-corrected chi connectivity index (χ4v) is 6.49. The molecule has 0 bridgehead atoms.